The topological polar surface area (TPSA) is 59.8 Å². The number of aromatic nitrogens is 3. The molecule has 0 saturated carbocycles. The predicted octanol–water partition coefficient (Wildman–Crippen LogP) is 5.25. The molecule has 1 heterocycles. The molecule has 5 nitrogen and oxygen atoms in total. The third kappa shape index (κ3) is 3.85. The van der Waals surface area contributed by atoms with E-state index in [9.17, 15) is 9.18 Å². The second-order valence-electron chi connectivity index (χ2n) is 7.22. The van der Waals surface area contributed by atoms with Crippen molar-refractivity contribution in [3.8, 4) is 17.1 Å². The predicted molar refractivity (Wildman–Crippen MR) is 115 cm³/mol. The molecule has 0 radical (unpaired) electrons. The van der Waals surface area contributed by atoms with Crippen LogP contribution >= 0.6 is 0 Å². The van der Waals surface area contributed by atoms with E-state index in [1.807, 2.05) is 63.2 Å². The van der Waals surface area contributed by atoms with Gasteiger partial charge in [-0.15, -0.1) is 5.10 Å². The first-order valence-electron chi connectivity index (χ1n) is 9.60. The zero-order valence-corrected chi connectivity index (χ0v) is 17.0. The summed E-state index contributed by atoms with van der Waals surface area (Å²) in [5.41, 5.74) is 5.50. The molecule has 1 N–H and O–H groups in total. The van der Waals surface area contributed by atoms with Crippen LogP contribution in [0.25, 0.3) is 17.1 Å². The van der Waals surface area contributed by atoms with E-state index in [1.54, 1.807) is 4.68 Å². The summed E-state index contributed by atoms with van der Waals surface area (Å²) < 4.78 is 14.8. The lowest BCUT2D eigenvalue weighted by Crippen LogP contribution is -2.14. The maximum absolute atomic E-state index is 13.1. The molecule has 0 aliphatic rings. The van der Waals surface area contributed by atoms with Crippen LogP contribution in [-0.4, -0.2) is 20.7 Å². The van der Waals surface area contributed by atoms with Gasteiger partial charge in [-0.2, -0.15) is 0 Å². The van der Waals surface area contributed by atoms with Gasteiger partial charge < -0.3 is 5.32 Å². The van der Waals surface area contributed by atoms with Gasteiger partial charge in [-0.3, -0.25) is 4.79 Å². The molecule has 1 aromatic heterocycles. The number of hydrogen-bond acceptors (Lipinski definition) is 3. The number of carbonyl (C=O) groups is 1. The van der Waals surface area contributed by atoms with Crippen molar-refractivity contribution in [3.05, 3.63) is 95.1 Å². The molecule has 1 amide bonds. The minimum Gasteiger partial charge on any atom is -0.319 e. The van der Waals surface area contributed by atoms with Crippen molar-refractivity contribution in [2.75, 3.05) is 5.32 Å². The Morgan fingerprint density at radius 2 is 1.63 bits per heavy atom. The molecule has 0 fully saturated rings. The molecule has 0 aliphatic heterocycles. The second kappa shape index (κ2) is 7.91. The van der Waals surface area contributed by atoms with E-state index in [1.165, 1.54) is 24.3 Å². The monoisotopic (exact) mass is 400 g/mol. The van der Waals surface area contributed by atoms with Gasteiger partial charge in [-0.05, 0) is 62.2 Å². The van der Waals surface area contributed by atoms with Crippen LogP contribution in [-0.2, 0) is 0 Å². The Morgan fingerprint density at radius 3 is 2.33 bits per heavy atom. The van der Waals surface area contributed by atoms with Crippen molar-refractivity contribution in [1.29, 1.82) is 0 Å². The van der Waals surface area contributed by atoms with Gasteiger partial charge >= 0.3 is 0 Å². The standard InChI is InChI=1S/C24H21FN4O/c1-15-7-9-18(10-8-15)23-27-22(24(30)26-20-13-11-19(25)12-14-20)28-29(23)21-6-4-5-16(2)17(21)3/h4-14H,1-3H3,(H,26,30). The Hall–Kier alpha value is -3.80. The molecular formula is C24H21FN4O. The quantitative estimate of drug-likeness (QED) is 0.509. The highest BCUT2D eigenvalue weighted by Crippen LogP contribution is 2.25. The van der Waals surface area contributed by atoms with E-state index < -0.39 is 5.91 Å². The molecule has 6 heteroatoms. The molecule has 0 spiro atoms. The lowest BCUT2D eigenvalue weighted by molar-refractivity contribution is 0.101. The average molecular weight is 400 g/mol. The molecule has 4 rings (SSSR count). The van der Waals surface area contributed by atoms with Crippen molar-refractivity contribution in [1.82, 2.24) is 14.8 Å². The van der Waals surface area contributed by atoms with Gasteiger partial charge in [-0.1, -0.05) is 42.0 Å². The number of nitrogens with zero attached hydrogens (tertiary/aromatic N) is 3. The van der Waals surface area contributed by atoms with Gasteiger partial charge in [0.15, 0.2) is 5.82 Å². The molecule has 0 bridgehead atoms. The Balaban J connectivity index is 1.79. The number of aryl methyl sites for hydroxylation is 2. The summed E-state index contributed by atoms with van der Waals surface area (Å²) in [6.45, 7) is 6.06. The Kier molecular flexibility index (Phi) is 5.14. The van der Waals surface area contributed by atoms with E-state index in [4.69, 9.17) is 0 Å². The number of benzene rings is 3. The smallest absolute Gasteiger partial charge is 0.295 e. The molecule has 4 aromatic rings. The highest BCUT2D eigenvalue weighted by Gasteiger charge is 2.20. The highest BCUT2D eigenvalue weighted by molar-refractivity contribution is 6.01. The third-order valence-electron chi connectivity index (χ3n) is 5.03. The van der Waals surface area contributed by atoms with Crippen molar-refractivity contribution < 1.29 is 9.18 Å². The van der Waals surface area contributed by atoms with Gasteiger partial charge in [0, 0.05) is 11.3 Å². The number of rotatable bonds is 4. The molecule has 0 atom stereocenters. The maximum atomic E-state index is 13.1. The summed E-state index contributed by atoms with van der Waals surface area (Å²) in [5, 5.41) is 7.23. The molecule has 3 aromatic carbocycles. The largest absolute Gasteiger partial charge is 0.319 e. The van der Waals surface area contributed by atoms with Crippen molar-refractivity contribution in [3.63, 3.8) is 0 Å². The van der Waals surface area contributed by atoms with Crippen LogP contribution in [0.5, 0.6) is 0 Å². The normalized spacial score (nSPS) is 10.8. The van der Waals surface area contributed by atoms with Crippen LogP contribution in [0.1, 0.15) is 27.3 Å². The fourth-order valence-corrected chi connectivity index (χ4v) is 3.15. The highest BCUT2D eigenvalue weighted by atomic mass is 19.1. The van der Waals surface area contributed by atoms with Crippen LogP contribution < -0.4 is 5.32 Å². The van der Waals surface area contributed by atoms with Crippen molar-refractivity contribution in [2.24, 2.45) is 0 Å². The Morgan fingerprint density at radius 1 is 0.933 bits per heavy atom. The first-order valence-corrected chi connectivity index (χ1v) is 9.60. The summed E-state index contributed by atoms with van der Waals surface area (Å²) in [6.07, 6.45) is 0. The summed E-state index contributed by atoms with van der Waals surface area (Å²) in [7, 11) is 0. The number of amides is 1. The van der Waals surface area contributed by atoms with Crippen molar-refractivity contribution >= 4 is 11.6 Å². The summed E-state index contributed by atoms with van der Waals surface area (Å²) >= 11 is 0. The van der Waals surface area contributed by atoms with Crippen LogP contribution in [0.3, 0.4) is 0 Å². The molecule has 150 valence electrons. The summed E-state index contributed by atoms with van der Waals surface area (Å²) in [4.78, 5) is 17.3. The fraction of sp³-hybridized carbons (Fsp3) is 0.125. The second-order valence-corrected chi connectivity index (χ2v) is 7.22. The van der Waals surface area contributed by atoms with Gasteiger partial charge in [0.05, 0.1) is 5.69 Å². The molecule has 0 unspecified atom stereocenters. The maximum Gasteiger partial charge on any atom is 0.295 e. The number of carbonyl (C=O) groups excluding carboxylic acids is 1. The zero-order valence-electron chi connectivity index (χ0n) is 17.0. The molecule has 0 saturated heterocycles. The lowest BCUT2D eigenvalue weighted by Gasteiger charge is -2.11. The Labute approximate surface area is 174 Å². The van der Waals surface area contributed by atoms with Gasteiger partial charge in [0.2, 0.25) is 5.82 Å². The van der Waals surface area contributed by atoms with Gasteiger partial charge in [0.1, 0.15) is 5.82 Å². The minimum atomic E-state index is -0.459. The third-order valence-corrected chi connectivity index (χ3v) is 5.03. The van der Waals surface area contributed by atoms with Crippen LogP contribution in [0, 0.1) is 26.6 Å². The summed E-state index contributed by atoms with van der Waals surface area (Å²) in [5.74, 6) is -0.213. The minimum absolute atomic E-state index is 0.0378. The first-order chi connectivity index (χ1) is 14.4. The number of anilines is 1. The van der Waals surface area contributed by atoms with Crippen LogP contribution in [0.15, 0.2) is 66.7 Å². The van der Waals surface area contributed by atoms with E-state index in [2.05, 4.69) is 15.4 Å². The van der Waals surface area contributed by atoms with E-state index in [0.717, 1.165) is 27.9 Å². The SMILES string of the molecule is Cc1ccc(-c2nc(C(=O)Nc3ccc(F)cc3)nn2-c2cccc(C)c2C)cc1. The zero-order chi connectivity index (χ0) is 21.3. The fourth-order valence-electron chi connectivity index (χ4n) is 3.15. The van der Waals surface area contributed by atoms with E-state index in [0.29, 0.717) is 11.5 Å². The Bertz CT molecular complexity index is 1210. The van der Waals surface area contributed by atoms with E-state index >= 15 is 0 Å². The van der Waals surface area contributed by atoms with Gasteiger partial charge in [0.25, 0.3) is 5.91 Å². The number of nitrogens with one attached hydrogen (secondary N) is 1. The van der Waals surface area contributed by atoms with Gasteiger partial charge in [-0.25, -0.2) is 14.1 Å². The first kappa shape index (κ1) is 19.5. The average Bonchev–Trinajstić information content (AvgIpc) is 3.17. The van der Waals surface area contributed by atoms with E-state index in [-0.39, 0.29) is 11.6 Å². The van der Waals surface area contributed by atoms with Crippen molar-refractivity contribution in [2.45, 2.75) is 20.8 Å². The molecular weight excluding hydrogens is 379 g/mol. The number of hydrogen-bond donors (Lipinski definition) is 1. The molecule has 0 aliphatic carbocycles. The number of halogens is 1. The van der Waals surface area contributed by atoms with Crippen LogP contribution in [0.2, 0.25) is 0 Å². The molecule has 30 heavy (non-hydrogen) atoms. The lowest BCUT2D eigenvalue weighted by atomic mass is 10.1. The van der Waals surface area contributed by atoms with Crippen LogP contribution in [0.4, 0.5) is 10.1 Å². The summed E-state index contributed by atoms with van der Waals surface area (Å²) in [6, 6.07) is 19.4.